The Morgan fingerprint density at radius 1 is 1.36 bits per heavy atom. The average Bonchev–Trinajstić information content (AvgIpc) is 2.60. The molecule has 5 nitrogen and oxygen atoms in total. The van der Waals surface area contributed by atoms with Gasteiger partial charge in [0, 0.05) is 25.2 Å². The van der Waals surface area contributed by atoms with Gasteiger partial charge in [-0.05, 0) is 38.0 Å². The molecule has 8 heteroatoms. The molecule has 0 aliphatic carbocycles. The molecule has 0 bridgehead atoms. The number of esters is 1. The molecule has 1 saturated heterocycles. The van der Waals surface area contributed by atoms with Crippen LogP contribution in [-0.4, -0.2) is 43.6 Å². The highest BCUT2D eigenvalue weighted by molar-refractivity contribution is 14.0. The number of likely N-dealkylation sites (tertiary alicyclic amines) is 1. The van der Waals surface area contributed by atoms with E-state index in [0.29, 0.717) is 38.4 Å². The zero-order valence-corrected chi connectivity index (χ0v) is 16.8. The molecular weight excluding hydrogens is 443 g/mol. The minimum absolute atomic E-state index is 0. The molecular formula is C17H24F2IN3O2. The number of ether oxygens (including phenoxy) is 1. The van der Waals surface area contributed by atoms with E-state index in [1.807, 2.05) is 11.8 Å². The van der Waals surface area contributed by atoms with E-state index in [1.165, 1.54) is 7.11 Å². The van der Waals surface area contributed by atoms with Crippen LogP contribution in [0.1, 0.15) is 25.3 Å². The number of carbonyl (C=O) groups excluding carboxylic acids is 1. The maximum atomic E-state index is 13.7. The Hall–Kier alpha value is -1.45. The third kappa shape index (κ3) is 6.09. The van der Waals surface area contributed by atoms with Gasteiger partial charge in [-0.2, -0.15) is 0 Å². The number of methoxy groups -OCH3 is 1. The van der Waals surface area contributed by atoms with Gasteiger partial charge in [0.25, 0.3) is 0 Å². The van der Waals surface area contributed by atoms with Gasteiger partial charge >= 0.3 is 5.97 Å². The lowest BCUT2D eigenvalue weighted by Crippen LogP contribution is -2.46. The van der Waals surface area contributed by atoms with E-state index in [0.717, 1.165) is 18.2 Å². The number of piperidine rings is 1. The lowest BCUT2D eigenvalue weighted by molar-refractivity contribution is -0.146. The van der Waals surface area contributed by atoms with E-state index in [-0.39, 0.29) is 48.0 Å². The molecule has 0 saturated carbocycles. The van der Waals surface area contributed by atoms with E-state index < -0.39 is 11.6 Å². The predicted molar refractivity (Wildman–Crippen MR) is 103 cm³/mol. The summed E-state index contributed by atoms with van der Waals surface area (Å²) in [5, 5.41) is 3.16. The van der Waals surface area contributed by atoms with Crippen molar-refractivity contribution in [3.05, 3.63) is 35.4 Å². The standard InChI is InChI=1S/C17H23F2N3O2.HI/c1-3-20-17(21-11-13-10-14(18)4-5-15(13)19)22-8-6-12(7-9-22)16(23)24-2;/h4-5,10,12H,3,6-9,11H2,1-2H3,(H,20,21);1H. The van der Waals surface area contributed by atoms with E-state index >= 15 is 0 Å². The van der Waals surface area contributed by atoms with Gasteiger partial charge in [0.15, 0.2) is 5.96 Å². The summed E-state index contributed by atoms with van der Waals surface area (Å²) >= 11 is 0. The number of guanidine groups is 1. The maximum absolute atomic E-state index is 13.7. The molecule has 140 valence electrons. The molecule has 0 atom stereocenters. The fourth-order valence-corrected chi connectivity index (χ4v) is 2.74. The Labute approximate surface area is 163 Å². The molecule has 0 spiro atoms. The summed E-state index contributed by atoms with van der Waals surface area (Å²) in [6, 6.07) is 3.35. The van der Waals surface area contributed by atoms with Crippen molar-refractivity contribution < 1.29 is 18.3 Å². The van der Waals surface area contributed by atoms with Crippen LogP contribution in [0.15, 0.2) is 23.2 Å². The Balaban J connectivity index is 0.00000312. The number of halogens is 3. The summed E-state index contributed by atoms with van der Waals surface area (Å²) in [5.41, 5.74) is 0.217. The van der Waals surface area contributed by atoms with Crippen LogP contribution < -0.4 is 5.32 Å². The third-order valence-electron chi connectivity index (χ3n) is 4.07. The smallest absolute Gasteiger partial charge is 0.308 e. The SMILES string of the molecule is CCNC(=NCc1cc(F)ccc1F)N1CCC(C(=O)OC)CC1.I. The largest absolute Gasteiger partial charge is 0.469 e. The number of nitrogens with one attached hydrogen (secondary N) is 1. The fourth-order valence-electron chi connectivity index (χ4n) is 2.74. The number of carbonyl (C=O) groups is 1. The van der Waals surface area contributed by atoms with Crippen molar-refractivity contribution in [1.82, 2.24) is 10.2 Å². The highest BCUT2D eigenvalue weighted by atomic mass is 127. The number of rotatable bonds is 4. The lowest BCUT2D eigenvalue weighted by Gasteiger charge is -2.33. The van der Waals surface area contributed by atoms with Gasteiger partial charge in [-0.15, -0.1) is 24.0 Å². The Morgan fingerprint density at radius 2 is 2.04 bits per heavy atom. The van der Waals surface area contributed by atoms with Crippen molar-refractivity contribution in [2.75, 3.05) is 26.7 Å². The van der Waals surface area contributed by atoms with Crippen LogP contribution in [0.5, 0.6) is 0 Å². The second-order valence-electron chi connectivity index (χ2n) is 5.69. The Kier molecular flexibility index (Phi) is 9.09. The molecule has 1 aliphatic rings. The third-order valence-corrected chi connectivity index (χ3v) is 4.07. The van der Waals surface area contributed by atoms with Gasteiger partial charge in [-0.1, -0.05) is 0 Å². The van der Waals surface area contributed by atoms with Crippen LogP contribution in [-0.2, 0) is 16.1 Å². The van der Waals surface area contributed by atoms with E-state index in [2.05, 4.69) is 10.3 Å². The summed E-state index contributed by atoms with van der Waals surface area (Å²) in [7, 11) is 1.40. The summed E-state index contributed by atoms with van der Waals surface area (Å²) in [5.74, 6) is -0.580. The van der Waals surface area contributed by atoms with Gasteiger partial charge in [0.1, 0.15) is 11.6 Å². The average molecular weight is 467 g/mol. The molecule has 1 aromatic rings. The first kappa shape index (κ1) is 21.6. The molecule has 2 rings (SSSR count). The number of nitrogens with zero attached hydrogens (tertiary/aromatic N) is 2. The monoisotopic (exact) mass is 467 g/mol. The van der Waals surface area contributed by atoms with Gasteiger partial charge in [0.05, 0.1) is 19.6 Å². The molecule has 1 N–H and O–H groups in total. The second kappa shape index (κ2) is 10.5. The van der Waals surface area contributed by atoms with Gasteiger partial charge in [0.2, 0.25) is 0 Å². The molecule has 1 fully saturated rings. The molecule has 0 unspecified atom stereocenters. The van der Waals surface area contributed by atoms with E-state index in [1.54, 1.807) is 0 Å². The van der Waals surface area contributed by atoms with Crippen molar-refractivity contribution >= 4 is 35.9 Å². The molecule has 0 radical (unpaired) electrons. The molecule has 0 amide bonds. The first-order chi connectivity index (χ1) is 11.5. The van der Waals surface area contributed by atoms with Crippen LogP contribution in [0.3, 0.4) is 0 Å². The molecule has 1 aliphatic heterocycles. The normalized spacial score (nSPS) is 15.5. The zero-order valence-electron chi connectivity index (χ0n) is 14.4. The van der Waals surface area contributed by atoms with Crippen LogP contribution >= 0.6 is 24.0 Å². The van der Waals surface area contributed by atoms with Crippen molar-refractivity contribution in [3.63, 3.8) is 0 Å². The lowest BCUT2D eigenvalue weighted by atomic mass is 9.97. The summed E-state index contributed by atoms with van der Waals surface area (Å²) in [6.45, 7) is 4.00. The van der Waals surface area contributed by atoms with Gasteiger partial charge < -0.3 is 15.0 Å². The number of aliphatic imine (C=N–C) groups is 1. The highest BCUT2D eigenvalue weighted by Crippen LogP contribution is 2.19. The first-order valence-electron chi connectivity index (χ1n) is 8.10. The van der Waals surface area contributed by atoms with E-state index in [4.69, 9.17) is 4.74 Å². The topological polar surface area (TPSA) is 53.9 Å². The summed E-state index contributed by atoms with van der Waals surface area (Å²) in [6.07, 6.45) is 1.37. The first-order valence-corrected chi connectivity index (χ1v) is 8.10. The van der Waals surface area contributed by atoms with Crippen molar-refractivity contribution in [2.24, 2.45) is 10.9 Å². The Morgan fingerprint density at radius 3 is 2.64 bits per heavy atom. The predicted octanol–water partition coefficient (Wildman–Crippen LogP) is 2.93. The van der Waals surface area contributed by atoms with Crippen molar-refractivity contribution in [1.29, 1.82) is 0 Å². The van der Waals surface area contributed by atoms with Crippen molar-refractivity contribution in [3.8, 4) is 0 Å². The van der Waals surface area contributed by atoms with Gasteiger partial charge in [-0.3, -0.25) is 4.79 Å². The second-order valence-corrected chi connectivity index (χ2v) is 5.69. The highest BCUT2D eigenvalue weighted by Gasteiger charge is 2.26. The fraction of sp³-hybridized carbons (Fsp3) is 0.529. The quantitative estimate of drug-likeness (QED) is 0.320. The molecule has 0 aromatic heterocycles. The van der Waals surface area contributed by atoms with Gasteiger partial charge in [-0.25, -0.2) is 13.8 Å². The molecule has 25 heavy (non-hydrogen) atoms. The van der Waals surface area contributed by atoms with Crippen LogP contribution in [0.2, 0.25) is 0 Å². The number of hydrogen-bond acceptors (Lipinski definition) is 3. The van der Waals surface area contributed by atoms with Crippen LogP contribution in [0, 0.1) is 17.6 Å². The number of benzene rings is 1. The summed E-state index contributed by atoms with van der Waals surface area (Å²) in [4.78, 5) is 18.0. The van der Waals surface area contributed by atoms with Crippen molar-refractivity contribution in [2.45, 2.75) is 26.3 Å². The minimum atomic E-state index is -0.481. The minimum Gasteiger partial charge on any atom is -0.469 e. The van der Waals surface area contributed by atoms with E-state index in [9.17, 15) is 13.6 Å². The molecule has 1 heterocycles. The van der Waals surface area contributed by atoms with Crippen LogP contribution in [0.4, 0.5) is 8.78 Å². The molecule has 1 aromatic carbocycles. The van der Waals surface area contributed by atoms with Crippen LogP contribution in [0.25, 0.3) is 0 Å². The number of hydrogen-bond donors (Lipinski definition) is 1. The zero-order chi connectivity index (χ0) is 17.5. The Bertz CT molecular complexity index is 606. The summed E-state index contributed by atoms with van der Waals surface area (Å²) < 4.78 is 31.7. The maximum Gasteiger partial charge on any atom is 0.308 e.